The van der Waals surface area contributed by atoms with E-state index in [0.29, 0.717) is 11.2 Å². The summed E-state index contributed by atoms with van der Waals surface area (Å²) in [6.07, 6.45) is 1.46. The Kier molecular flexibility index (Phi) is 1.37. The summed E-state index contributed by atoms with van der Waals surface area (Å²) in [5.41, 5.74) is 6.92. The van der Waals surface area contributed by atoms with Crippen molar-refractivity contribution in [1.82, 2.24) is 0 Å². The van der Waals surface area contributed by atoms with E-state index in [-0.39, 0.29) is 0 Å². The molecule has 2 N–H and O–H groups in total. The zero-order chi connectivity index (χ0) is 8.55. The number of nitrogens with two attached hydrogens (primary N) is 1. The standard InChI is InChI=1S/C9H8N2O/c10-8-4-1-5-9-7(8)3-2-6-11(9)12/h1-6H,10H2. The third kappa shape index (κ3) is 0.871. The summed E-state index contributed by atoms with van der Waals surface area (Å²) in [5.74, 6) is 0. The predicted molar refractivity (Wildman–Crippen MR) is 47.3 cm³/mol. The maximum Gasteiger partial charge on any atom is 0.225 e. The summed E-state index contributed by atoms with van der Waals surface area (Å²) in [6.45, 7) is 0. The average Bonchev–Trinajstić information content (AvgIpc) is 2.07. The third-order valence-corrected chi connectivity index (χ3v) is 1.84. The Hall–Kier alpha value is -1.77. The molecule has 1 aromatic heterocycles. The van der Waals surface area contributed by atoms with Gasteiger partial charge in [-0.25, -0.2) is 0 Å². The van der Waals surface area contributed by atoms with Gasteiger partial charge < -0.3 is 10.9 Å². The number of benzene rings is 1. The lowest BCUT2D eigenvalue weighted by molar-refractivity contribution is -0.576. The summed E-state index contributed by atoms with van der Waals surface area (Å²) in [6, 6.07) is 8.82. The second-order valence-electron chi connectivity index (χ2n) is 2.61. The van der Waals surface area contributed by atoms with E-state index in [2.05, 4.69) is 0 Å². The molecule has 1 aromatic carbocycles. The maximum absolute atomic E-state index is 11.2. The van der Waals surface area contributed by atoms with Crippen molar-refractivity contribution < 1.29 is 4.73 Å². The van der Waals surface area contributed by atoms with E-state index >= 15 is 0 Å². The number of pyridine rings is 1. The van der Waals surface area contributed by atoms with Crippen LogP contribution in [0.4, 0.5) is 5.69 Å². The topological polar surface area (TPSA) is 53.0 Å². The van der Waals surface area contributed by atoms with Crippen molar-refractivity contribution in [3.63, 3.8) is 0 Å². The monoisotopic (exact) mass is 160 g/mol. The average molecular weight is 160 g/mol. The first kappa shape index (κ1) is 6.91. The molecule has 1 heterocycles. The quantitative estimate of drug-likeness (QED) is 0.356. The Morgan fingerprint density at radius 3 is 2.75 bits per heavy atom. The van der Waals surface area contributed by atoms with Crippen LogP contribution < -0.4 is 10.5 Å². The number of fused-ring (bicyclic) bond motifs is 1. The summed E-state index contributed by atoms with van der Waals surface area (Å²) < 4.78 is 0.811. The first-order chi connectivity index (χ1) is 5.79. The van der Waals surface area contributed by atoms with Crippen LogP contribution in [0.15, 0.2) is 36.5 Å². The van der Waals surface area contributed by atoms with Crippen molar-refractivity contribution in [2.24, 2.45) is 0 Å². The van der Waals surface area contributed by atoms with Crippen LogP contribution in [0, 0.1) is 5.21 Å². The highest BCUT2D eigenvalue weighted by atomic mass is 16.5. The van der Waals surface area contributed by atoms with Gasteiger partial charge in [-0.1, -0.05) is 6.07 Å². The molecule has 3 heteroatoms. The van der Waals surface area contributed by atoms with E-state index in [1.807, 2.05) is 6.07 Å². The lowest BCUT2D eigenvalue weighted by Crippen LogP contribution is -2.25. The highest BCUT2D eigenvalue weighted by molar-refractivity contribution is 5.87. The lowest BCUT2D eigenvalue weighted by atomic mass is 10.2. The zero-order valence-corrected chi connectivity index (χ0v) is 6.40. The van der Waals surface area contributed by atoms with E-state index in [1.54, 1.807) is 24.3 Å². The van der Waals surface area contributed by atoms with Crippen molar-refractivity contribution >= 4 is 16.6 Å². The van der Waals surface area contributed by atoms with Crippen molar-refractivity contribution in [2.45, 2.75) is 0 Å². The summed E-state index contributed by atoms with van der Waals surface area (Å²) in [4.78, 5) is 0. The molecule has 0 saturated carbocycles. The molecule has 2 aromatic rings. The van der Waals surface area contributed by atoms with Gasteiger partial charge in [0.1, 0.15) is 0 Å². The highest BCUT2D eigenvalue weighted by Crippen LogP contribution is 2.16. The van der Waals surface area contributed by atoms with Crippen molar-refractivity contribution in [2.75, 3.05) is 5.73 Å². The zero-order valence-electron chi connectivity index (χ0n) is 6.40. The Bertz CT molecular complexity index is 385. The predicted octanol–water partition coefficient (Wildman–Crippen LogP) is 1.06. The minimum Gasteiger partial charge on any atom is -0.618 e. The summed E-state index contributed by atoms with van der Waals surface area (Å²) in [5, 5.41) is 12.0. The smallest absolute Gasteiger partial charge is 0.225 e. The molecule has 0 aliphatic rings. The van der Waals surface area contributed by atoms with Gasteiger partial charge in [0.2, 0.25) is 5.52 Å². The van der Waals surface area contributed by atoms with Crippen LogP contribution in [0.1, 0.15) is 0 Å². The summed E-state index contributed by atoms with van der Waals surface area (Å²) >= 11 is 0. The third-order valence-electron chi connectivity index (χ3n) is 1.84. The van der Waals surface area contributed by atoms with Crippen LogP contribution in [0.5, 0.6) is 0 Å². The number of nitrogen functional groups attached to an aromatic ring is 1. The lowest BCUT2D eigenvalue weighted by Gasteiger charge is -2.01. The van der Waals surface area contributed by atoms with E-state index in [1.165, 1.54) is 6.20 Å². The molecule has 0 amide bonds. The molecule has 0 atom stereocenters. The van der Waals surface area contributed by atoms with Crippen molar-refractivity contribution in [3.8, 4) is 0 Å². The molecule has 60 valence electrons. The van der Waals surface area contributed by atoms with Gasteiger partial charge in [0.05, 0.1) is 5.39 Å². The van der Waals surface area contributed by atoms with Gasteiger partial charge in [0, 0.05) is 17.8 Å². The van der Waals surface area contributed by atoms with Gasteiger partial charge in [-0.15, -0.1) is 0 Å². The van der Waals surface area contributed by atoms with Gasteiger partial charge in [-0.05, 0) is 12.1 Å². The van der Waals surface area contributed by atoms with E-state index in [4.69, 9.17) is 5.73 Å². The van der Waals surface area contributed by atoms with Crippen molar-refractivity contribution in [3.05, 3.63) is 41.7 Å². The molecule has 0 aliphatic heterocycles. The fraction of sp³-hybridized carbons (Fsp3) is 0. The van der Waals surface area contributed by atoms with E-state index in [0.717, 1.165) is 10.1 Å². The van der Waals surface area contributed by atoms with Crippen LogP contribution in [-0.4, -0.2) is 0 Å². The minimum absolute atomic E-state index is 0.609. The number of anilines is 1. The van der Waals surface area contributed by atoms with Gasteiger partial charge in [-0.2, -0.15) is 4.73 Å². The molecule has 0 fully saturated rings. The molecule has 0 unspecified atom stereocenters. The minimum atomic E-state index is 0.609. The number of nitrogens with zero attached hydrogens (tertiary/aromatic N) is 1. The summed E-state index contributed by atoms with van der Waals surface area (Å²) in [7, 11) is 0. The van der Waals surface area contributed by atoms with Gasteiger partial charge in [0.25, 0.3) is 0 Å². The van der Waals surface area contributed by atoms with E-state index in [9.17, 15) is 5.21 Å². The SMILES string of the molecule is Nc1cccc2c1ccc[n+]2[O-]. The van der Waals surface area contributed by atoms with Crippen LogP contribution >= 0.6 is 0 Å². The number of rotatable bonds is 0. The largest absolute Gasteiger partial charge is 0.618 e. The maximum atomic E-state index is 11.2. The molecular formula is C9H8N2O. The molecule has 0 spiro atoms. The fourth-order valence-electron chi connectivity index (χ4n) is 1.24. The molecule has 2 rings (SSSR count). The first-order valence-electron chi connectivity index (χ1n) is 3.65. The Morgan fingerprint density at radius 1 is 1.17 bits per heavy atom. The molecule has 0 saturated heterocycles. The van der Waals surface area contributed by atoms with Gasteiger partial charge >= 0.3 is 0 Å². The Labute approximate surface area is 69.6 Å². The van der Waals surface area contributed by atoms with Crippen LogP contribution in [0.25, 0.3) is 10.9 Å². The van der Waals surface area contributed by atoms with Crippen molar-refractivity contribution in [1.29, 1.82) is 0 Å². The molecule has 0 aliphatic carbocycles. The molecule has 12 heavy (non-hydrogen) atoms. The second-order valence-corrected chi connectivity index (χ2v) is 2.61. The number of hydrogen-bond acceptors (Lipinski definition) is 2. The number of aromatic nitrogens is 1. The van der Waals surface area contributed by atoms with Crippen LogP contribution in [0.3, 0.4) is 0 Å². The van der Waals surface area contributed by atoms with E-state index < -0.39 is 0 Å². The number of hydrogen-bond donors (Lipinski definition) is 1. The first-order valence-corrected chi connectivity index (χ1v) is 3.65. The van der Waals surface area contributed by atoms with Crippen LogP contribution in [0.2, 0.25) is 0 Å². The van der Waals surface area contributed by atoms with Crippen LogP contribution in [-0.2, 0) is 0 Å². The molecular weight excluding hydrogens is 152 g/mol. The van der Waals surface area contributed by atoms with Gasteiger partial charge in [-0.3, -0.25) is 0 Å². The van der Waals surface area contributed by atoms with Gasteiger partial charge in [0.15, 0.2) is 6.20 Å². The molecule has 0 radical (unpaired) electrons. The second kappa shape index (κ2) is 2.37. The molecule has 0 bridgehead atoms. The highest BCUT2D eigenvalue weighted by Gasteiger charge is 2.03. The fourth-order valence-corrected chi connectivity index (χ4v) is 1.24. The Balaban J connectivity index is 2.94. The molecule has 3 nitrogen and oxygen atoms in total. The Morgan fingerprint density at radius 2 is 2.00 bits per heavy atom. The normalized spacial score (nSPS) is 10.3.